The summed E-state index contributed by atoms with van der Waals surface area (Å²) in [6, 6.07) is -0.293. The number of carboxylic acid groups (broad SMARTS) is 1. The van der Waals surface area contributed by atoms with Crippen LogP contribution < -0.4 is 5.32 Å². The maximum Gasteiger partial charge on any atom is 0.323 e. The second-order valence-corrected chi connectivity index (χ2v) is 4.79. The molecule has 7 nitrogen and oxygen atoms in total. The van der Waals surface area contributed by atoms with Gasteiger partial charge in [-0.1, -0.05) is 11.3 Å². The van der Waals surface area contributed by atoms with E-state index in [0.29, 0.717) is 18.1 Å². The van der Waals surface area contributed by atoms with Crippen molar-refractivity contribution in [1.29, 1.82) is 0 Å². The van der Waals surface area contributed by atoms with Crippen LogP contribution in [0.15, 0.2) is 5.51 Å². The Balaban J connectivity index is 2.50. The van der Waals surface area contributed by atoms with Crippen molar-refractivity contribution >= 4 is 28.5 Å². The minimum absolute atomic E-state index is 0.00767. The van der Waals surface area contributed by atoms with E-state index in [1.807, 2.05) is 13.8 Å². The molecule has 0 saturated carbocycles. The predicted molar refractivity (Wildman–Crippen MR) is 67.6 cm³/mol. The molecule has 1 aromatic rings. The number of nitrogens with zero attached hydrogens (tertiary/aromatic N) is 3. The van der Waals surface area contributed by atoms with Gasteiger partial charge < -0.3 is 10.0 Å². The van der Waals surface area contributed by atoms with E-state index in [-0.39, 0.29) is 18.5 Å². The van der Waals surface area contributed by atoms with Crippen molar-refractivity contribution in [1.82, 2.24) is 15.1 Å². The van der Waals surface area contributed by atoms with E-state index in [0.717, 1.165) is 0 Å². The summed E-state index contributed by atoms with van der Waals surface area (Å²) in [5, 5.41) is 19.0. The number of rotatable bonds is 6. The molecule has 1 heterocycles. The molecule has 0 unspecified atom stereocenters. The number of urea groups is 1. The summed E-state index contributed by atoms with van der Waals surface area (Å²) in [4.78, 5) is 23.9. The van der Waals surface area contributed by atoms with Crippen LogP contribution in [0.25, 0.3) is 0 Å². The second-order valence-electron chi connectivity index (χ2n) is 3.96. The first-order chi connectivity index (χ1) is 8.50. The first-order valence-electron chi connectivity index (χ1n) is 5.56. The Hall–Kier alpha value is -1.70. The third kappa shape index (κ3) is 4.66. The highest BCUT2D eigenvalue weighted by Crippen LogP contribution is 2.11. The lowest BCUT2D eigenvalue weighted by atomic mass is 10.2. The highest BCUT2D eigenvalue weighted by atomic mass is 32.1. The SMILES string of the molecule is CC(C)N(CCCC(=O)O)C(=O)Nc1nncs1. The number of carbonyl (C=O) groups excluding carboxylic acids is 1. The normalized spacial score (nSPS) is 10.4. The zero-order valence-corrected chi connectivity index (χ0v) is 11.1. The number of aliphatic carboxylic acids is 1. The van der Waals surface area contributed by atoms with Crippen molar-refractivity contribution in [3.8, 4) is 0 Å². The molecule has 2 amide bonds. The van der Waals surface area contributed by atoms with Gasteiger partial charge in [0, 0.05) is 19.0 Å². The summed E-state index contributed by atoms with van der Waals surface area (Å²) in [6.45, 7) is 4.15. The number of hydrogen-bond acceptors (Lipinski definition) is 5. The maximum atomic E-state index is 11.9. The minimum Gasteiger partial charge on any atom is -0.481 e. The van der Waals surface area contributed by atoms with Crippen LogP contribution in [0.5, 0.6) is 0 Å². The number of amides is 2. The number of hydrogen-bond donors (Lipinski definition) is 2. The van der Waals surface area contributed by atoms with Crippen LogP contribution in [-0.4, -0.2) is 44.8 Å². The predicted octanol–water partition coefficient (Wildman–Crippen LogP) is 1.65. The van der Waals surface area contributed by atoms with E-state index in [1.165, 1.54) is 16.8 Å². The maximum absolute atomic E-state index is 11.9. The molecule has 2 N–H and O–H groups in total. The zero-order chi connectivity index (χ0) is 13.5. The average Bonchev–Trinajstić information content (AvgIpc) is 2.75. The molecule has 0 bridgehead atoms. The van der Waals surface area contributed by atoms with Crippen molar-refractivity contribution in [3.05, 3.63) is 5.51 Å². The average molecular weight is 272 g/mol. The Labute approximate surface area is 109 Å². The van der Waals surface area contributed by atoms with Crippen molar-refractivity contribution in [2.75, 3.05) is 11.9 Å². The minimum atomic E-state index is -0.858. The van der Waals surface area contributed by atoms with E-state index in [1.54, 1.807) is 4.90 Å². The lowest BCUT2D eigenvalue weighted by Gasteiger charge is -2.26. The van der Waals surface area contributed by atoms with Crippen LogP contribution in [0.1, 0.15) is 26.7 Å². The molecule has 1 aromatic heterocycles. The highest BCUT2D eigenvalue weighted by Gasteiger charge is 2.17. The smallest absolute Gasteiger partial charge is 0.323 e. The molecule has 1 rings (SSSR count). The molecule has 0 aromatic carbocycles. The molecule has 0 aliphatic carbocycles. The summed E-state index contributed by atoms with van der Waals surface area (Å²) in [7, 11) is 0. The zero-order valence-electron chi connectivity index (χ0n) is 10.3. The molecule has 8 heteroatoms. The van der Waals surface area contributed by atoms with Gasteiger partial charge in [-0.2, -0.15) is 0 Å². The number of carbonyl (C=O) groups is 2. The second kappa shape index (κ2) is 6.90. The Kier molecular flexibility index (Phi) is 5.50. The lowest BCUT2D eigenvalue weighted by Crippen LogP contribution is -2.40. The monoisotopic (exact) mass is 272 g/mol. The molecule has 18 heavy (non-hydrogen) atoms. The van der Waals surface area contributed by atoms with Gasteiger partial charge in [0.25, 0.3) is 0 Å². The summed E-state index contributed by atoms with van der Waals surface area (Å²) in [5.74, 6) is -0.858. The molecule has 0 saturated heterocycles. The summed E-state index contributed by atoms with van der Waals surface area (Å²) in [5.41, 5.74) is 1.53. The van der Waals surface area contributed by atoms with Crippen LogP contribution >= 0.6 is 11.3 Å². The van der Waals surface area contributed by atoms with E-state index >= 15 is 0 Å². The summed E-state index contributed by atoms with van der Waals surface area (Å²) < 4.78 is 0. The summed E-state index contributed by atoms with van der Waals surface area (Å²) >= 11 is 1.23. The molecule has 100 valence electrons. The van der Waals surface area contributed by atoms with Gasteiger partial charge in [0.05, 0.1) is 0 Å². The van der Waals surface area contributed by atoms with Gasteiger partial charge in [-0.05, 0) is 20.3 Å². The van der Waals surface area contributed by atoms with Crippen LogP contribution in [-0.2, 0) is 4.79 Å². The van der Waals surface area contributed by atoms with Crippen LogP contribution in [0.4, 0.5) is 9.93 Å². The number of nitrogens with one attached hydrogen (secondary N) is 1. The van der Waals surface area contributed by atoms with E-state index in [2.05, 4.69) is 15.5 Å². The van der Waals surface area contributed by atoms with Crippen molar-refractivity contribution in [2.24, 2.45) is 0 Å². The quantitative estimate of drug-likeness (QED) is 0.820. The molecular formula is C10H16N4O3S. The third-order valence-electron chi connectivity index (χ3n) is 2.25. The molecule has 0 spiro atoms. The van der Waals surface area contributed by atoms with Crippen molar-refractivity contribution in [3.63, 3.8) is 0 Å². The fraction of sp³-hybridized carbons (Fsp3) is 0.600. The molecular weight excluding hydrogens is 256 g/mol. The molecule has 0 aliphatic rings. The summed E-state index contributed by atoms with van der Waals surface area (Å²) in [6.07, 6.45) is 0.479. The first-order valence-corrected chi connectivity index (χ1v) is 6.44. The highest BCUT2D eigenvalue weighted by molar-refractivity contribution is 7.13. The van der Waals surface area contributed by atoms with Crippen molar-refractivity contribution in [2.45, 2.75) is 32.7 Å². The van der Waals surface area contributed by atoms with E-state index < -0.39 is 5.97 Å². The Bertz CT molecular complexity index is 394. The van der Waals surface area contributed by atoms with Gasteiger partial charge in [-0.25, -0.2) is 4.79 Å². The Morgan fingerprint density at radius 2 is 2.28 bits per heavy atom. The van der Waals surface area contributed by atoms with Crippen LogP contribution in [0.3, 0.4) is 0 Å². The Morgan fingerprint density at radius 1 is 1.56 bits per heavy atom. The largest absolute Gasteiger partial charge is 0.481 e. The van der Waals surface area contributed by atoms with Crippen LogP contribution in [0.2, 0.25) is 0 Å². The van der Waals surface area contributed by atoms with Crippen molar-refractivity contribution < 1.29 is 14.7 Å². The topological polar surface area (TPSA) is 95.4 Å². The van der Waals surface area contributed by atoms with Gasteiger partial charge in [0.1, 0.15) is 5.51 Å². The fourth-order valence-electron chi connectivity index (χ4n) is 1.39. The number of carboxylic acids is 1. The number of aromatic nitrogens is 2. The molecule has 0 atom stereocenters. The van der Waals surface area contributed by atoms with Crippen LogP contribution in [0, 0.1) is 0 Å². The van der Waals surface area contributed by atoms with Gasteiger partial charge in [0.2, 0.25) is 5.13 Å². The first kappa shape index (κ1) is 14.4. The number of anilines is 1. The van der Waals surface area contributed by atoms with E-state index in [9.17, 15) is 9.59 Å². The standard InChI is InChI=1S/C10H16N4O3S/c1-7(2)14(5-3-4-8(15)16)10(17)12-9-13-11-6-18-9/h6-7H,3-5H2,1-2H3,(H,15,16)(H,12,13,17). The van der Waals surface area contributed by atoms with Gasteiger partial charge in [-0.15, -0.1) is 10.2 Å². The van der Waals surface area contributed by atoms with Gasteiger partial charge >= 0.3 is 12.0 Å². The van der Waals surface area contributed by atoms with Gasteiger partial charge in [0.15, 0.2) is 0 Å². The lowest BCUT2D eigenvalue weighted by molar-refractivity contribution is -0.137. The van der Waals surface area contributed by atoms with E-state index in [4.69, 9.17) is 5.11 Å². The fourth-order valence-corrected chi connectivity index (χ4v) is 1.82. The molecule has 0 radical (unpaired) electrons. The third-order valence-corrected chi connectivity index (χ3v) is 2.85. The van der Waals surface area contributed by atoms with Gasteiger partial charge in [-0.3, -0.25) is 10.1 Å². The Morgan fingerprint density at radius 3 is 2.78 bits per heavy atom. The molecule has 0 aliphatic heterocycles. The molecule has 0 fully saturated rings.